The quantitative estimate of drug-likeness (QED) is 0.704. The average Bonchev–Trinajstić information content (AvgIpc) is 2.74. The second kappa shape index (κ2) is 4.61. The topological polar surface area (TPSA) is 60.9 Å². The third-order valence-corrected chi connectivity index (χ3v) is 2.15. The van der Waals surface area contributed by atoms with Gasteiger partial charge in [0.2, 0.25) is 0 Å². The number of H-pyrrole nitrogens is 1. The van der Waals surface area contributed by atoms with Crippen molar-refractivity contribution in [3.8, 4) is 5.75 Å². The highest BCUT2D eigenvalue weighted by Crippen LogP contribution is 2.14. The number of hydrogen-bond acceptors (Lipinski definition) is 3. The van der Waals surface area contributed by atoms with Crippen LogP contribution in [0.15, 0.2) is 36.7 Å². The number of rotatable bonds is 4. The smallest absolute Gasteiger partial charge is 0.120 e. The van der Waals surface area contributed by atoms with Crippen LogP contribution in [-0.4, -0.2) is 15.1 Å². The van der Waals surface area contributed by atoms with Gasteiger partial charge in [-0.05, 0) is 6.07 Å². The minimum absolute atomic E-state index is 0.324. The molecule has 0 bridgehead atoms. The van der Waals surface area contributed by atoms with Crippen LogP contribution in [0.25, 0.3) is 0 Å². The summed E-state index contributed by atoms with van der Waals surface area (Å²) in [6.45, 7) is 1.30. The third kappa shape index (κ3) is 2.57. The molecule has 0 saturated heterocycles. The molecule has 0 aliphatic rings. The van der Waals surface area contributed by atoms with Crippen molar-refractivity contribution in [2.24, 2.45) is 0 Å². The van der Waals surface area contributed by atoms with Gasteiger partial charge in [0.1, 0.15) is 11.6 Å². The van der Waals surface area contributed by atoms with Gasteiger partial charge >= 0.3 is 0 Å². The highest BCUT2D eigenvalue weighted by atomic mass is 16.3. The van der Waals surface area contributed by atoms with Crippen LogP contribution in [0.1, 0.15) is 11.4 Å². The molecule has 2 rings (SSSR count). The Morgan fingerprint density at radius 2 is 2.13 bits per heavy atom. The van der Waals surface area contributed by atoms with Gasteiger partial charge in [0.25, 0.3) is 0 Å². The minimum atomic E-state index is 0.324. The Morgan fingerprint density at radius 3 is 2.87 bits per heavy atom. The van der Waals surface area contributed by atoms with E-state index in [1.165, 1.54) is 0 Å². The molecule has 78 valence electrons. The summed E-state index contributed by atoms with van der Waals surface area (Å²) in [5.41, 5.74) is 0.893. The van der Waals surface area contributed by atoms with Crippen molar-refractivity contribution in [2.45, 2.75) is 13.1 Å². The Hall–Kier alpha value is -1.81. The SMILES string of the molecule is Oc1ccccc1CNCc1ncc[nH]1. The number of phenolic OH excluding ortho intramolecular Hbond substituents is 1. The Morgan fingerprint density at radius 1 is 1.27 bits per heavy atom. The molecule has 1 heterocycles. The van der Waals surface area contributed by atoms with Gasteiger partial charge in [0, 0.05) is 24.5 Å². The number of nitrogens with zero attached hydrogens (tertiary/aromatic N) is 1. The third-order valence-electron chi connectivity index (χ3n) is 2.15. The van der Waals surface area contributed by atoms with Crippen molar-refractivity contribution in [1.82, 2.24) is 15.3 Å². The van der Waals surface area contributed by atoms with Crippen LogP contribution >= 0.6 is 0 Å². The fraction of sp³-hybridized carbons (Fsp3) is 0.182. The number of aromatic hydroxyl groups is 1. The molecule has 15 heavy (non-hydrogen) atoms. The summed E-state index contributed by atoms with van der Waals surface area (Å²) in [6.07, 6.45) is 3.51. The molecule has 0 amide bonds. The van der Waals surface area contributed by atoms with E-state index in [1.54, 1.807) is 18.5 Å². The van der Waals surface area contributed by atoms with Gasteiger partial charge in [-0.25, -0.2) is 4.98 Å². The number of aromatic amines is 1. The van der Waals surface area contributed by atoms with Crippen LogP contribution < -0.4 is 5.32 Å². The standard InChI is InChI=1S/C11H13N3O/c15-10-4-2-1-3-9(10)7-12-8-11-13-5-6-14-11/h1-6,12,15H,7-8H2,(H,13,14). The molecular weight excluding hydrogens is 190 g/mol. The summed E-state index contributed by atoms with van der Waals surface area (Å²) >= 11 is 0. The van der Waals surface area contributed by atoms with Crippen LogP contribution in [0.5, 0.6) is 5.75 Å². The predicted molar refractivity (Wildman–Crippen MR) is 57.2 cm³/mol. The first-order chi connectivity index (χ1) is 7.36. The highest BCUT2D eigenvalue weighted by molar-refractivity contribution is 5.31. The molecule has 4 heteroatoms. The normalized spacial score (nSPS) is 10.4. The van der Waals surface area contributed by atoms with Crippen molar-refractivity contribution in [2.75, 3.05) is 0 Å². The average molecular weight is 203 g/mol. The molecule has 0 fully saturated rings. The van der Waals surface area contributed by atoms with Gasteiger partial charge < -0.3 is 15.4 Å². The maximum atomic E-state index is 9.50. The van der Waals surface area contributed by atoms with Crippen molar-refractivity contribution in [3.63, 3.8) is 0 Å². The number of benzene rings is 1. The van der Waals surface area contributed by atoms with Gasteiger partial charge in [-0.2, -0.15) is 0 Å². The van der Waals surface area contributed by atoms with E-state index in [4.69, 9.17) is 0 Å². The zero-order chi connectivity index (χ0) is 10.5. The van der Waals surface area contributed by atoms with Crippen molar-refractivity contribution in [3.05, 3.63) is 48.0 Å². The lowest BCUT2D eigenvalue weighted by atomic mass is 10.2. The zero-order valence-corrected chi connectivity index (χ0v) is 8.27. The van der Waals surface area contributed by atoms with E-state index in [1.807, 2.05) is 18.2 Å². The molecule has 1 aromatic carbocycles. The van der Waals surface area contributed by atoms with Crippen molar-refractivity contribution < 1.29 is 5.11 Å². The number of imidazole rings is 1. The Bertz CT molecular complexity index is 412. The first kappa shape index (κ1) is 9.73. The molecule has 0 saturated carbocycles. The van der Waals surface area contributed by atoms with E-state index in [9.17, 15) is 5.11 Å². The molecule has 0 aliphatic carbocycles. The van der Waals surface area contributed by atoms with E-state index in [0.29, 0.717) is 18.8 Å². The largest absolute Gasteiger partial charge is 0.508 e. The lowest BCUT2D eigenvalue weighted by Crippen LogP contribution is -2.13. The lowest BCUT2D eigenvalue weighted by molar-refractivity contribution is 0.464. The van der Waals surface area contributed by atoms with Crippen molar-refractivity contribution >= 4 is 0 Å². The Kier molecular flexibility index (Phi) is 2.99. The van der Waals surface area contributed by atoms with Gasteiger partial charge in [-0.1, -0.05) is 18.2 Å². The molecule has 0 unspecified atom stereocenters. The van der Waals surface area contributed by atoms with Crippen LogP contribution in [0.2, 0.25) is 0 Å². The summed E-state index contributed by atoms with van der Waals surface area (Å²) in [6, 6.07) is 7.30. The van der Waals surface area contributed by atoms with E-state index in [0.717, 1.165) is 11.4 Å². The molecular formula is C11H13N3O. The number of hydrogen-bond donors (Lipinski definition) is 3. The molecule has 2 aromatic rings. The van der Waals surface area contributed by atoms with E-state index in [2.05, 4.69) is 15.3 Å². The summed E-state index contributed by atoms with van der Waals surface area (Å²) in [5.74, 6) is 1.22. The van der Waals surface area contributed by atoms with E-state index < -0.39 is 0 Å². The molecule has 0 atom stereocenters. The Labute approximate surface area is 88.0 Å². The second-order valence-corrected chi connectivity index (χ2v) is 3.27. The fourth-order valence-electron chi connectivity index (χ4n) is 1.37. The predicted octanol–water partition coefficient (Wildman–Crippen LogP) is 1.41. The maximum Gasteiger partial charge on any atom is 0.120 e. The lowest BCUT2D eigenvalue weighted by Gasteiger charge is -2.04. The van der Waals surface area contributed by atoms with E-state index in [-0.39, 0.29) is 0 Å². The molecule has 4 nitrogen and oxygen atoms in total. The van der Waals surface area contributed by atoms with Crippen molar-refractivity contribution in [1.29, 1.82) is 0 Å². The van der Waals surface area contributed by atoms with E-state index >= 15 is 0 Å². The first-order valence-electron chi connectivity index (χ1n) is 4.82. The summed E-state index contributed by atoms with van der Waals surface area (Å²) in [5, 5.41) is 12.7. The summed E-state index contributed by atoms with van der Waals surface area (Å²) in [7, 11) is 0. The van der Waals surface area contributed by atoms with Gasteiger partial charge in [-0.3, -0.25) is 0 Å². The first-order valence-corrected chi connectivity index (χ1v) is 4.82. The fourth-order valence-corrected chi connectivity index (χ4v) is 1.37. The number of nitrogens with one attached hydrogen (secondary N) is 2. The second-order valence-electron chi connectivity index (χ2n) is 3.27. The zero-order valence-electron chi connectivity index (χ0n) is 8.27. The van der Waals surface area contributed by atoms with Gasteiger partial charge in [-0.15, -0.1) is 0 Å². The molecule has 1 aromatic heterocycles. The monoisotopic (exact) mass is 203 g/mol. The van der Waals surface area contributed by atoms with Crippen LogP contribution in [0, 0.1) is 0 Å². The number of phenols is 1. The summed E-state index contributed by atoms with van der Waals surface area (Å²) < 4.78 is 0. The van der Waals surface area contributed by atoms with Crippen LogP contribution in [0.3, 0.4) is 0 Å². The molecule has 3 N–H and O–H groups in total. The highest BCUT2D eigenvalue weighted by Gasteiger charge is 1.99. The van der Waals surface area contributed by atoms with Crippen LogP contribution in [-0.2, 0) is 13.1 Å². The molecule has 0 aliphatic heterocycles. The van der Waals surface area contributed by atoms with Gasteiger partial charge in [0.15, 0.2) is 0 Å². The Balaban J connectivity index is 1.86. The number of aromatic nitrogens is 2. The maximum absolute atomic E-state index is 9.50. The minimum Gasteiger partial charge on any atom is -0.508 e. The summed E-state index contributed by atoms with van der Waals surface area (Å²) in [4.78, 5) is 7.09. The van der Waals surface area contributed by atoms with Gasteiger partial charge in [0.05, 0.1) is 6.54 Å². The number of para-hydroxylation sites is 1. The molecule has 0 spiro atoms. The molecule has 0 radical (unpaired) electrons. The van der Waals surface area contributed by atoms with Crippen LogP contribution in [0.4, 0.5) is 0 Å².